The van der Waals surface area contributed by atoms with Crippen molar-refractivity contribution in [2.75, 3.05) is 26.2 Å². The number of ether oxygens (including phenoxy) is 5. The van der Waals surface area contributed by atoms with Gasteiger partial charge in [-0.1, -0.05) is 30.3 Å². The maximum atomic E-state index is 14.7. The molecule has 0 aromatic heterocycles. The first-order valence-corrected chi connectivity index (χ1v) is 28.8. The van der Waals surface area contributed by atoms with Crippen LogP contribution in [0.2, 0.25) is 0 Å². The average Bonchev–Trinajstić information content (AvgIpc) is 3.28. The normalized spacial score (nSPS) is 16.7. The predicted octanol–water partition coefficient (Wildman–Crippen LogP) is 7.21. The number of benzene rings is 2. The molecule has 24 nitrogen and oxygen atoms in total. The molecule has 0 spiro atoms. The van der Waals surface area contributed by atoms with E-state index in [2.05, 4.69) is 47.9 Å². The van der Waals surface area contributed by atoms with E-state index in [-0.39, 0.29) is 76.9 Å². The van der Waals surface area contributed by atoms with Gasteiger partial charge in [0.15, 0.2) is 0 Å². The third kappa shape index (κ3) is 30.7. The van der Waals surface area contributed by atoms with Gasteiger partial charge in [0, 0.05) is 63.6 Å². The number of hydrogen-bond donors (Lipinski definition) is 10. The van der Waals surface area contributed by atoms with Crippen molar-refractivity contribution in [1.82, 2.24) is 47.9 Å². The minimum atomic E-state index is -1.37. The third-order valence-electron chi connectivity index (χ3n) is 11.9. The van der Waals surface area contributed by atoms with Crippen LogP contribution in [0.1, 0.15) is 166 Å². The fourth-order valence-electron chi connectivity index (χ4n) is 8.47. The second kappa shape index (κ2) is 31.9. The Kier molecular flexibility index (Phi) is 26.9. The van der Waals surface area contributed by atoms with E-state index < -0.39 is 112 Å². The lowest BCUT2D eigenvalue weighted by atomic mass is 9.95. The highest BCUT2D eigenvalue weighted by Crippen LogP contribution is 2.29. The summed E-state index contributed by atoms with van der Waals surface area (Å²) in [5, 5.41) is 36.1. The van der Waals surface area contributed by atoms with Crippen LogP contribution < -0.4 is 47.9 Å². The van der Waals surface area contributed by atoms with E-state index in [0.717, 1.165) is 0 Å². The molecule has 470 valence electrons. The van der Waals surface area contributed by atoms with Crippen LogP contribution in [0, 0.1) is 0 Å². The molecular weight excluding hydrogens is 1090 g/mol. The van der Waals surface area contributed by atoms with Crippen LogP contribution >= 0.6 is 0 Å². The zero-order chi connectivity index (χ0) is 63.2. The maximum Gasteiger partial charge on any atom is 0.408 e. The lowest BCUT2D eigenvalue weighted by molar-refractivity contribution is -0.131. The van der Waals surface area contributed by atoms with Gasteiger partial charge in [0.25, 0.3) is 0 Å². The Morgan fingerprint density at radius 2 is 1.05 bits per heavy atom. The largest absolute Gasteiger partial charge is 0.508 e. The van der Waals surface area contributed by atoms with Gasteiger partial charge < -0.3 is 76.6 Å². The molecule has 84 heavy (non-hydrogen) atoms. The summed E-state index contributed by atoms with van der Waals surface area (Å²) < 4.78 is 27.1. The number of carbonyl (C=O) groups is 9. The molecular formula is C60H95N9O15. The SMILES string of the molecule is CC(C)(C)OC(=O)NCCC[C@@H](CC(=O)NC[C@H](CCCNC(=O)OC(C)(C)C)NC(=O)OC(C)(C)C)NC(=O)C[C@@H]1Cc2cccc(c2)-c2ccc(O)c(c2)C[C@H](NC(=O)OC(C)(C)C)C(=O)N[C@@H](CCCNC(=O)OC(C)(C)C)C(=O)N1. The highest BCUT2D eigenvalue weighted by Gasteiger charge is 2.32. The number of rotatable bonds is 21. The van der Waals surface area contributed by atoms with Gasteiger partial charge in [0.2, 0.25) is 23.6 Å². The summed E-state index contributed by atoms with van der Waals surface area (Å²) in [6.45, 7) is 26.0. The summed E-state index contributed by atoms with van der Waals surface area (Å²) in [7, 11) is 0. The van der Waals surface area contributed by atoms with E-state index in [9.17, 15) is 48.3 Å². The molecule has 3 rings (SSSR count). The van der Waals surface area contributed by atoms with Gasteiger partial charge in [-0.2, -0.15) is 0 Å². The number of fused-ring (bicyclic) bond motifs is 5. The van der Waals surface area contributed by atoms with Crippen molar-refractivity contribution in [2.45, 2.75) is 226 Å². The van der Waals surface area contributed by atoms with Crippen LogP contribution in [-0.2, 0) is 55.7 Å². The maximum absolute atomic E-state index is 14.7. The monoisotopic (exact) mass is 1180 g/mol. The molecule has 0 unspecified atom stereocenters. The topological polar surface area (TPSA) is 328 Å². The molecule has 2 aromatic rings. The minimum Gasteiger partial charge on any atom is -0.508 e. The van der Waals surface area contributed by atoms with Crippen molar-refractivity contribution >= 4 is 54.1 Å². The summed E-state index contributed by atoms with van der Waals surface area (Å²) in [5.41, 5.74) is -1.61. The van der Waals surface area contributed by atoms with E-state index in [1.807, 2.05) is 18.2 Å². The molecule has 0 saturated carbocycles. The Labute approximate surface area is 495 Å². The lowest BCUT2D eigenvalue weighted by Crippen LogP contribution is -2.56. The predicted molar refractivity (Wildman–Crippen MR) is 316 cm³/mol. The Morgan fingerprint density at radius 1 is 0.548 bits per heavy atom. The Bertz CT molecular complexity index is 2560. The first-order valence-electron chi connectivity index (χ1n) is 28.8. The number of amides is 9. The van der Waals surface area contributed by atoms with Gasteiger partial charge in [0.05, 0.1) is 0 Å². The van der Waals surface area contributed by atoms with Crippen LogP contribution in [0.5, 0.6) is 5.75 Å². The smallest absolute Gasteiger partial charge is 0.408 e. The third-order valence-corrected chi connectivity index (χ3v) is 11.9. The fourth-order valence-corrected chi connectivity index (χ4v) is 8.47. The summed E-state index contributed by atoms with van der Waals surface area (Å²) in [6.07, 6.45) is -2.92. The van der Waals surface area contributed by atoms with Crippen LogP contribution in [0.4, 0.5) is 24.0 Å². The molecule has 1 heterocycles. The first kappa shape index (κ1) is 70.7. The average molecular weight is 1180 g/mol. The summed E-state index contributed by atoms with van der Waals surface area (Å²) in [4.78, 5) is 121. The fraction of sp³-hybridized carbons (Fsp3) is 0.650. The number of phenols is 1. The number of nitrogens with one attached hydrogen (secondary N) is 9. The molecule has 1 aliphatic rings. The van der Waals surface area contributed by atoms with Crippen molar-refractivity contribution in [3.63, 3.8) is 0 Å². The first-order chi connectivity index (χ1) is 38.8. The van der Waals surface area contributed by atoms with Gasteiger partial charge in [-0.05, 0) is 183 Å². The Hall–Kier alpha value is -7.53. The Balaban J connectivity index is 1.99. The molecule has 5 atom stereocenters. The van der Waals surface area contributed by atoms with E-state index >= 15 is 0 Å². The van der Waals surface area contributed by atoms with Crippen molar-refractivity contribution in [3.05, 3.63) is 53.6 Å². The molecule has 1 aliphatic heterocycles. The van der Waals surface area contributed by atoms with Gasteiger partial charge in [-0.15, -0.1) is 0 Å². The van der Waals surface area contributed by atoms with E-state index in [4.69, 9.17) is 23.7 Å². The molecule has 10 N–H and O–H groups in total. The number of aromatic hydroxyl groups is 1. The van der Waals surface area contributed by atoms with E-state index in [1.54, 1.807) is 122 Å². The van der Waals surface area contributed by atoms with Crippen LogP contribution in [0.15, 0.2) is 42.5 Å². The summed E-state index contributed by atoms with van der Waals surface area (Å²) in [5.74, 6) is -2.67. The lowest BCUT2D eigenvalue weighted by Gasteiger charge is -2.27. The quantitative estimate of drug-likeness (QED) is 0.0436. The van der Waals surface area contributed by atoms with Crippen molar-refractivity contribution in [3.8, 4) is 16.9 Å². The van der Waals surface area contributed by atoms with E-state index in [1.165, 1.54) is 6.07 Å². The van der Waals surface area contributed by atoms with Gasteiger partial charge in [-0.3, -0.25) is 19.2 Å². The molecule has 0 saturated heterocycles. The van der Waals surface area contributed by atoms with Crippen LogP contribution in [-0.4, -0.2) is 144 Å². The van der Waals surface area contributed by atoms with Crippen molar-refractivity contribution < 1.29 is 71.9 Å². The number of hydrogen-bond acceptors (Lipinski definition) is 15. The van der Waals surface area contributed by atoms with Gasteiger partial charge in [-0.25, -0.2) is 24.0 Å². The number of alkyl carbamates (subject to hydrolysis) is 5. The second-order valence-corrected chi connectivity index (χ2v) is 26.0. The van der Waals surface area contributed by atoms with Crippen LogP contribution in [0.3, 0.4) is 0 Å². The van der Waals surface area contributed by atoms with Crippen molar-refractivity contribution in [2.24, 2.45) is 0 Å². The zero-order valence-electron chi connectivity index (χ0n) is 52.0. The van der Waals surface area contributed by atoms with Gasteiger partial charge in [0.1, 0.15) is 45.8 Å². The standard InChI is InChI=1S/C60H95N9O15/c1-56(2,3)80-51(75)61-27-17-22-41(34-47(71)64-36-42(67-54(78)83-59(10,11)12)23-18-28-62-52(76)81-57(4,5)6)65-48(72)35-43-31-37-20-16-21-38(30-37)39-25-26-46(70)40(32-39)33-45(69-55(79)84-60(13,14)15)50(74)68-44(49(73)66-43)24-19-29-63-53(77)82-58(7,8)9/h16,20-21,25-26,30,32,41-45,70H,17-19,22-24,27-29,31,33-36H2,1-15H3,(H,61,75)(H,62,76)(H,63,77)(H,64,71)(H,65,72)(H,66,73)(H,67,78)(H,68,74)(H,69,79)/t41-,42-,43-,44-,45-/m0/s1. The molecule has 9 amide bonds. The molecule has 4 bridgehead atoms. The molecule has 0 radical (unpaired) electrons. The highest BCUT2D eigenvalue weighted by molar-refractivity contribution is 5.92. The second-order valence-electron chi connectivity index (χ2n) is 26.0. The summed E-state index contributed by atoms with van der Waals surface area (Å²) >= 11 is 0. The highest BCUT2D eigenvalue weighted by atomic mass is 16.6. The molecule has 2 aromatic carbocycles. The minimum absolute atomic E-state index is 0.0344. The molecule has 24 heteroatoms. The van der Waals surface area contributed by atoms with E-state index in [0.29, 0.717) is 41.5 Å². The molecule has 0 fully saturated rings. The number of phenolic OH excluding ortho intramolecular Hbond substituents is 1. The Morgan fingerprint density at radius 3 is 1.60 bits per heavy atom. The zero-order valence-corrected chi connectivity index (χ0v) is 52.0. The summed E-state index contributed by atoms with van der Waals surface area (Å²) in [6, 6.07) is 7.16. The van der Waals surface area contributed by atoms with Crippen LogP contribution in [0.25, 0.3) is 11.1 Å². The van der Waals surface area contributed by atoms with Gasteiger partial charge >= 0.3 is 30.5 Å². The molecule has 0 aliphatic carbocycles. The number of carbonyl (C=O) groups excluding carboxylic acids is 9. The van der Waals surface area contributed by atoms with Crippen molar-refractivity contribution in [1.29, 1.82) is 0 Å².